The summed E-state index contributed by atoms with van der Waals surface area (Å²) in [5.74, 6) is -0.305. The molecule has 8 nitrogen and oxygen atoms in total. The van der Waals surface area contributed by atoms with Crippen molar-refractivity contribution in [2.75, 3.05) is 7.11 Å². The maximum atomic E-state index is 12.7. The summed E-state index contributed by atoms with van der Waals surface area (Å²) >= 11 is 0. The van der Waals surface area contributed by atoms with E-state index in [1.165, 1.54) is 0 Å². The molecule has 1 amide bonds. The van der Waals surface area contributed by atoms with Gasteiger partial charge in [0.05, 0.1) is 7.11 Å². The number of ether oxygens (including phenoxy) is 4. The first-order valence-electron chi connectivity index (χ1n) is 11.1. The Morgan fingerprint density at radius 1 is 1.06 bits per heavy atom. The van der Waals surface area contributed by atoms with Crippen molar-refractivity contribution < 1.29 is 33.3 Å². The molecule has 1 saturated carbocycles. The number of carbonyl (C=O) groups is 3. The van der Waals surface area contributed by atoms with E-state index in [-0.39, 0.29) is 25.6 Å². The second-order valence-electron chi connectivity index (χ2n) is 8.94. The third-order valence-corrected chi connectivity index (χ3v) is 5.01. The first-order valence-corrected chi connectivity index (χ1v) is 11.1. The predicted molar refractivity (Wildman–Crippen MR) is 118 cm³/mol. The number of alkyl carbamates (subject to hydrolysis) is 1. The zero-order valence-electron chi connectivity index (χ0n) is 19.5. The molecule has 1 aliphatic rings. The van der Waals surface area contributed by atoms with Gasteiger partial charge in [-0.15, -0.1) is 0 Å². The normalized spacial score (nSPS) is 15.4. The third kappa shape index (κ3) is 9.58. The minimum Gasteiger partial charge on any atom is -0.497 e. The maximum Gasteiger partial charge on any atom is 0.408 e. The number of carbonyl (C=O) groups excluding carboxylic acids is 3. The molecular weight excluding hydrogens is 414 g/mol. The van der Waals surface area contributed by atoms with Crippen LogP contribution in [0.5, 0.6) is 5.75 Å². The fourth-order valence-electron chi connectivity index (χ4n) is 3.35. The van der Waals surface area contributed by atoms with E-state index >= 15 is 0 Å². The van der Waals surface area contributed by atoms with Crippen molar-refractivity contribution >= 4 is 18.0 Å². The Bertz CT molecular complexity index is 749. The van der Waals surface area contributed by atoms with Gasteiger partial charge >= 0.3 is 18.0 Å². The molecule has 32 heavy (non-hydrogen) atoms. The monoisotopic (exact) mass is 449 g/mol. The molecule has 0 unspecified atom stereocenters. The quantitative estimate of drug-likeness (QED) is 0.443. The van der Waals surface area contributed by atoms with Crippen LogP contribution in [0.25, 0.3) is 0 Å². The average Bonchev–Trinajstić information content (AvgIpc) is 2.74. The van der Waals surface area contributed by atoms with Crippen molar-refractivity contribution in [2.45, 2.75) is 90.1 Å². The highest BCUT2D eigenvalue weighted by Gasteiger charge is 2.29. The molecule has 0 saturated heterocycles. The van der Waals surface area contributed by atoms with E-state index in [4.69, 9.17) is 18.9 Å². The lowest BCUT2D eigenvalue weighted by atomic mass is 9.98. The molecule has 1 aromatic rings. The lowest BCUT2D eigenvalue weighted by Gasteiger charge is -2.26. The highest BCUT2D eigenvalue weighted by atomic mass is 16.6. The van der Waals surface area contributed by atoms with Crippen molar-refractivity contribution in [3.8, 4) is 5.75 Å². The average molecular weight is 450 g/mol. The number of hydrogen-bond acceptors (Lipinski definition) is 7. The Balaban J connectivity index is 1.89. The molecule has 1 N–H and O–H groups in total. The second kappa shape index (κ2) is 12.3. The Morgan fingerprint density at radius 3 is 2.31 bits per heavy atom. The van der Waals surface area contributed by atoms with Gasteiger partial charge in [0, 0.05) is 6.42 Å². The van der Waals surface area contributed by atoms with Crippen molar-refractivity contribution in [1.29, 1.82) is 0 Å². The molecule has 1 atom stereocenters. The van der Waals surface area contributed by atoms with E-state index in [2.05, 4.69) is 5.32 Å². The Morgan fingerprint density at radius 2 is 1.72 bits per heavy atom. The number of nitrogens with one attached hydrogen (secondary N) is 1. The van der Waals surface area contributed by atoms with E-state index < -0.39 is 29.7 Å². The van der Waals surface area contributed by atoms with Crippen LogP contribution in [0.1, 0.15) is 71.3 Å². The number of methoxy groups -OCH3 is 1. The van der Waals surface area contributed by atoms with Crippen molar-refractivity contribution in [3.05, 3.63) is 29.8 Å². The predicted octanol–water partition coefficient (Wildman–Crippen LogP) is 4.29. The summed E-state index contributed by atoms with van der Waals surface area (Å²) in [6.07, 6.45) is 3.93. The Hall–Kier alpha value is -2.77. The molecule has 0 radical (unpaired) electrons. The largest absolute Gasteiger partial charge is 0.497 e. The van der Waals surface area contributed by atoms with Gasteiger partial charge in [-0.3, -0.25) is 4.79 Å². The van der Waals surface area contributed by atoms with Crippen LogP contribution in [0, 0.1) is 0 Å². The van der Waals surface area contributed by atoms with Gasteiger partial charge in [-0.05, 0) is 70.6 Å². The molecule has 0 heterocycles. The van der Waals surface area contributed by atoms with Gasteiger partial charge in [0.2, 0.25) is 0 Å². The number of benzene rings is 1. The van der Waals surface area contributed by atoms with Gasteiger partial charge in [0.15, 0.2) is 0 Å². The molecular formula is C24H35NO7. The van der Waals surface area contributed by atoms with E-state index in [0.717, 1.165) is 37.7 Å². The molecule has 0 aromatic heterocycles. The van der Waals surface area contributed by atoms with Gasteiger partial charge in [0.1, 0.15) is 30.1 Å². The van der Waals surface area contributed by atoms with Crippen molar-refractivity contribution in [3.63, 3.8) is 0 Å². The molecule has 1 aliphatic carbocycles. The highest BCUT2D eigenvalue weighted by Crippen LogP contribution is 2.21. The van der Waals surface area contributed by atoms with Gasteiger partial charge in [-0.1, -0.05) is 18.6 Å². The molecule has 1 aromatic carbocycles. The topological polar surface area (TPSA) is 100 Å². The minimum absolute atomic E-state index is 0.0453. The van der Waals surface area contributed by atoms with Crippen LogP contribution in [0.4, 0.5) is 4.79 Å². The van der Waals surface area contributed by atoms with Crippen LogP contribution in [0.3, 0.4) is 0 Å². The Kier molecular flexibility index (Phi) is 9.81. The lowest BCUT2D eigenvalue weighted by Crippen LogP contribution is -2.45. The molecule has 0 aliphatic heterocycles. The van der Waals surface area contributed by atoms with Crippen LogP contribution in [0.15, 0.2) is 24.3 Å². The minimum atomic E-state index is -0.986. The molecule has 2 rings (SSSR count). The summed E-state index contributed by atoms with van der Waals surface area (Å²) in [7, 11) is 1.58. The van der Waals surface area contributed by atoms with E-state index in [1.807, 2.05) is 0 Å². The van der Waals surface area contributed by atoms with Crippen molar-refractivity contribution in [1.82, 2.24) is 5.32 Å². The Labute approximate surface area is 189 Å². The summed E-state index contributed by atoms with van der Waals surface area (Å²) in [5.41, 5.74) is 0.110. The van der Waals surface area contributed by atoms with Crippen LogP contribution >= 0.6 is 0 Å². The SMILES string of the molecule is COc1ccc(COC(=O)CC[C@H](NC(=O)OC(C)(C)C)C(=O)OC2CCCCC2)cc1. The zero-order chi connectivity index (χ0) is 23.6. The molecule has 1 fully saturated rings. The van der Waals surface area contributed by atoms with Gasteiger partial charge < -0.3 is 24.3 Å². The standard InChI is InChI=1S/C24H35NO7/c1-24(2,3)32-23(28)25-20(22(27)31-19-8-6-5-7-9-19)14-15-21(26)30-16-17-10-12-18(29-4)13-11-17/h10-13,19-20H,5-9,14-16H2,1-4H3,(H,25,28)/t20-/m0/s1. The number of amides is 1. The summed E-state index contributed by atoms with van der Waals surface area (Å²) in [6, 6.07) is 6.19. The van der Waals surface area contributed by atoms with E-state index in [9.17, 15) is 14.4 Å². The van der Waals surface area contributed by atoms with Crippen molar-refractivity contribution in [2.24, 2.45) is 0 Å². The van der Waals surface area contributed by atoms with Crippen LogP contribution in [0.2, 0.25) is 0 Å². The smallest absolute Gasteiger partial charge is 0.408 e. The summed E-state index contributed by atoms with van der Waals surface area (Å²) in [5, 5.41) is 2.55. The first kappa shape index (κ1) is 25.5. The van der Waals surface area contributed by atoms with Gasteiger partial charge in [-0.25, -0.2) is 9.59 Å². The lowest BCUT2D eigenvalue weighted by molar-refractivity contribution is -0.153. The number of esters is 2. The maximum absolute atomic E-state index is 12.7. The summed E-state index contributed by atoms with van der Waals surface area (Å²) in [6.45, 7) is 5.31. The summed E-state index contributed by atoms with van der Waals surface area (Å²) in [4.78, 5) is 37.1. The third-order valence-electron chi connectivity index (χ3n) is 5.01. The molecule has 178 valence electrons. The van der Waals surface area contributed by atoms with Crippen LogP contribution in [-0.4, -0.2) is 42.9 Å². The zero-order valence-corrected chi connectivity index (χ0v) is 19.5. The highest BCUT2D eigenvalue weighted by molar-refractivity contribution is 5.82. The summed E-state index contributed by atoms with van der Waals surface area (Å²) < 4.78 is 21.2. The molecule has 0 spiro atoms. The van der Waals surface area contributed by atoms with E-state index in [0.29, 0.717) is 5.75 Å². The van der Waals surface area contributed by atoms with Gasteiger partial charge in [-0.2, -0.15) is 0 Å². The molecule has 0 bridgehead atoms. The first-order chi connectivity index (χ1) is 15.2. The molecule has 8 heteroatoms. The van der Waals surface area contributed by atoms with E-state index in [1.54, 1.807) is 52.1 Å². The van der Waals surface area contributed by atoms with Gasteiger partial charge in [0.25, 0.3) is 0 Å². The van der Waals surface area contributed by atoms with Crippen LogP contribution in [-0.2, 0) is 30.4 Å². The fourth-order valence-corrected chi connectivity index (χ4v) is 3.35. The number of rotatable bonds is 9. The van der Waals surface area contributed by atoms with Crippen LogP contribution < -0.4 is 10.1 Å². The second-order valence-corrected chi connectivity index (χ2v) is 8.94. The fraction of sp³-hybridized carbons (Fsp3) is 0.625. The number of hydrogen-bond donors (Lipinski definition) is 1.